The maximum atomic E-state index is 11.8. The minimum Gasteiger partial charge on any atom is -0.778 e. The van der Waals surface area contributed by atoms with Gasteiger partial charge in [0.05, 0.1) is 7.11 Å². The highest BCUT2D eigenvalue weighted by Crippen LogP contribution is 2.57. The fraction of sp³-hybridized carbons (Fsp3) is 0.267. The number of aromatic nitrogens is 1. The second kappa shape index (κ2) is 7.18. The molecule has 0 amide bonds. The number of benzene rings is 1. The zero-order chi connectivity index (χ0) is 18.0. The Morgan fingerprint density at radius 3 is 2.46 bits per heavy atom. The smallest absolute Gasteiger partial charge is 0.215 e. The number of pyridine rings is 1. The first-order chi connectivity index (χ1) is 11.1. The summed E-state index contributed by atoms with van der Waals surface area (Å²) in [6, 6.07) is 10.8. The number of ether oxygens (including phenoxy) is 1. The van der Waals surface area contributed by atoms with Gasteiger partial charge in [-0.3, -0.25) is 4.57 Å². The van der Waals surface area contributed by atoms with Crippen LogP contribution in [0.15, 0.2) is 48.8 Å². The fourth-order valence-corrected chi connectivity index (χ4v) is 5.38. The van der Waals surface area contributed by atoms with Gasteiger partial charge in [0, 0.05) is 18.3 Å². The molecule has 1 aromatic heterocycles. The quantitative estimate of drug-likeness (QED) is 0.587. The maximum Gasteiger partial charge on any atom is 0.215 e. The van der Waals surface area contributed by atoms with Gasteiger partial charge in [-0.15, -0.1) is 0 Å². The van der Waals surface area contributed by atoms with E-state index < -0.39 is 20.4 Å². The summed E-state index contributed by atoms with van der Waals surface area (Å²) in [5, 5.41) is -1.75. The molecule has 24 heavy (non-hydrogen) atoms. The van der Waals surface area contributed by atoms with Gasteiger partial charge in [-0.25, -0.2) is 4.57 Å². The van der Waals surface area contributed by atoms with E-state index in [1.807, 2.05) is 24.3 Å². The normalized spacial score (nSPS) is 17.5. The monoisotopic (exact) mass is 371 g/mol. The molecule has 0 saturated carbocycles. The standard InChI is InChI=1S/C15H19NO6P2/c1-22-14-7-3-5-12(9-14)13-6-4-8-16(10-13)11-15(23(2,17)18)24(19,20)21/h3-10,15H,11H2,1-2H3,(H2-,17,18,19,20,21). The molecule has 0 radical (unpaired) electrons. The van der Waals surface area contributed by atoms with Crippen LogP contribution in [-0.4, -0.2) is 29.0 Å². The van der Waals surface area contributed by atoms with E-state index in [2.05, 4.69) is 0 Å². The summed E-state index contributed by atoms with van der Waals surface area (Å²) >= 11 is 0. The van der Waals surface area contributed by atoms with Crippen molar-refractivity contribution in [2.24, 2.45) is 0 Å². The van der Waals surface area contributed by atoms with Gasteiger partial charge in [0.2, 0.25) is 7.37 Å². The van der Waals surface area contributed by atoms with Crippen molar-refractivity contribution in [2.45, 2.75) is 11.9 Å². The van der Waals surface area contributed by atoms with Crippen molar-refractivity contribution in [1.82, 2.24) is 0 Å². The molecule has 3 unspecified atom stereocenters. The molecule has 0 aliphatic rings. The molecule has 0 fully saturated rings. The van der Waals surface area contributed by atoms with Gasteiger partial charge in [0.15, 0.2) is 31.9 Å². The Hall–Kier alpha value is -1.49. The molecule has 0 aliphatic heterocycles. The molecule has 130 valence electrons. The van der Waals surface area contributed by atoms with Crippen molar-refractivity contribution in [3.05, 3.63) is 48.8 Å². The van der Waals surface area contributed by atoms with E-state index in [1.54, 1.807) is 31.6 Å². The van der Waals surface area contributed by atoms with E-state index in [9.17, 15) is 23.8 Å². The zero-order valence-electron chi connectivity index (χ0n) is 13.3. The molecular weight excluding hydrogens is 352 g/mol. The van der Waals surface area contributed by atoms with Crippen LogP contribution in [0.5, 0.6) is 5.75 Å². The van der Waals surface area contributed by atoms with Gasteiger partial charge >= 0.3 is 0 Å². The lowest BCUT2D eigenvalue weighted by Crippen LogP contribution is -2.40. The molecule has 9 heteroatoms. The van der Waals surface area contributed by atoms with Crippen LogP contribution in [0, 0.1) is 0 Å². The summed E-state index contributed by atoms with van der Waals surface area (Å²) in [4.78, 5) is 30.3. The minimum atomic E-state index is -4.97. The maximum absolute atomic E-state index is 11.8. The van der Waals surface area contributed by atoms with E-state index in [0.717, 1.165) is 17.8 Å². The summed E-state index contributed by atoms with van der Waals surface area (Å²) in [5.74, 6) is 0.675. The topological polar surface area (TPSA) is 111 Å². The summed E-state index contributed by atoms with van der Waals surface area (Å²) < 4.78 is 29.9. The van der Waals surface area contributed by atoms with E-state index in [-0.39, 0.29) is 6.54 Å². The van der Waals surface area contributed by atoms with E-state index in [1.165, 1.54) is 4.57 Å². The molecule has 1 aromatic carbocycles. The molecular formula is C15H19NO6P2. The Morgan fingerprint density at radius 2 is 1.88 bits per heavy atom. The van der Waals surface area contributed by atoms with Gasteiger partial charge in [-0.2, -0.15) is 0 Å². The van der Waals surface area contributed by atoms with Crippen molar-refractivity contribution in [3.8, 4) is 16.9 Å². The third-order valence-corrected chi connectivity index (χ3v) is 7.91. The first-order valence-electron chi connectivity index (χ1n) is 7.08. The highest BCUT2D eigenvalue weighted by Gasteiger charge is 2.37. The van der Waals surface area contributed by atoms with Crippen LogP contribution in [0.1, 0.15) is 0 Å². The average Bonchev–Trinajstić information content (AvgIpc) is 2.51. The first-order valence-corrected chi connectivity index (χ1v) is 10.9. The molecule has 2 aromatic rings. The lowest BCUT2D eigenvalue weighted by atomic mass is 10.1. The van der Waals surface area contributed by atoms with Crippen LogP contribution in [0.2, 0.25) is 0 Å². The number of hydrogen-bond donors (Lipinski definition) is 2. The molecule has 7 nitrogen and oxygen atoms in total. The molecule has 0 bridgehead atoms. The van der Waals surface area contributed by atoms with E-state index in [4.69, 9.17) is 4.74 Å². The molecule has 3 atom stereocenters. The summed E-state index contributed by atoms with van der Waals surface area (Å²) in [6.45, 7) is 0.601. The average molecular weight is 371 g/mol. The Bertz CT molecular complexity index is 791. The minimum absolute atomic E-state index is 0.320. The number of rotatable bonds is 6. The molecule has 0 saturated heterocycles. The Labute approximate surface area is 140 Å². The van der Waals surface area contributed by atoms with Gasteiger partial charge < -0.3 is 24.0 Å². The lowest BCUT2D eigenvalue weighted by molar-refractivity contribution is -0.694. The fourth-order valence-electron chi connectivity index (χ4n) is 2.32. The Morgan fingerprint density at radius 1 is 1.21 bits per heavy atom. The van der Waals surface area contributed by atoms with Gasteiger partial charge in [-0.1, -0.05) is 12.1 Å². The van der Waals surface area contributed by atoms with Crippen LogP contribution in [0.25, 0.3) is 11.1 Å². The molecule has 0 spiro atoms. The van der Waals surface area contributed by atoms with Gasteiger partial charge in [0.25, 0.3) is 0 Å². The van der Waals surface area contributed by atoms with Crippen LogP contribution in [-0.2, 0) is 15.7 Å². The summed E-state index contributed by atoms with van der Waals surface area (Å²) in [7, 11) is -7.44. The number of methoxy groups -OCH3 is 1. The highest BCUT2D eigenvalue weighted by atomic mass is 31.2. The van der Waals surface area contributed by atoms with Crippen molar-refractivity contribution >= 4 is 15.0 Å². The van der Waals surface area contributed by atoms with Gasteiger partial charge in [-0.05, 0) is 23.8 Å². The van der Waals surface area contributed by atoms with Gasteiger partial charge in [0.1, 0.15) is 5.75 Å². The predicted molar refractivity (Wildman–Crippen MR) is 88.0 cm³/mol. The number of nitrogens with zero attached hydrogens (tertiary/aromatic N) is 1. The summed E-state index contributed by atoms with van der Waals surface area (Å²) in [6.07, 6.45) is 3.22. The van der Waals surface area contributed by atoms with E-state index in [0.29, 0.717) is 5.75 Å². The largest absolute Gasteiger partial charge is 0.778 e. The van der Waals surface area contributed by atoms with Crippen molar-refractivity contribution in [2.75, 3.05) is 13.8 Å². The summed E-state index contributed by atoms with van der Waals surface area (Å²) in [5.41, 5.74) is 1.62. The van der Waals surface area contributed by atoms with Crippen molar-refractivity contribution in [1.29, 1.82) is 0 Å². The number of hydrogen-bond acceptors (Lipinski definition) is 4. The van der Waals surface area contributed by atoms with Crippen molar-refractivity contribution in [3.63, 3.8) is 0 Å². The zero-order valence-corrected chi connectivity index (χ0v) is 15.1. The second-order valence-electron chi connectivity index (χ2n) is 5.51. The Balaban J connectivity index is 2.36. The van der Waals surface area contributed by atoms with Crippen LogP contribution in [0.4, 0.5) is 0 Å². The van der Waals surface area contributed by atoms with E-state index >= 15 is 0 Å². The molecule has 2 rings (SSSR count). The van der Waals surface area contributed by atoms with Crippen LogP contribution < -0.4 is 14.2 Å². The third-order valence-electron chi connectivity index (χ3n) is 3.57. The van der Waals surface area contributed by atoms with Crippen molar-refractivity contribution < 1.29 is 33.1 Å². The molecule has 1 heterocycles. The second-order valence-corrected chi connectivity index (χ2v) is 10.2. The molecule has 2 N–H and O–H groups in total. The predicted octanol–water partition coefficient (Wildman–Crippen LogP) is 1.42. The highest BCUT2D eigenvalue weighted by molar-refractivity contribution is 7.72. The molecule has 0 aliphatic carbocycles. The first kappa shape index (κ1) is 18.8. The Kier molecular flexibility index (Phi) is 5.63. The van der Waals surface area contributed by atoms with Crippen LogP contribution in [0.3, 0.4) is 0 Å². The lowest BCUT2D eigenvalue weighted by Gasteiger charge is -2.26. The van der Waals surface area contributed by atoms with Crippen LogP contribution >= 0.6 is 15.0 Å². The SMILES string of the molecule is COc1cccc(-c2ccc[n+](CC(P(C)(=O)O)P(=O)([O-])O)c2)c1. The third kappa shape index (κ3) is 4.76.